The molecule has 2 nitrogen and oxygen atoms in total. The van der Waals surface area contributed by atoms with Gasteiger partial charge in [-0.1, -0.05) is 22.9 Å². The van der Waals surface area contributed by atoms with E-state index in [1.807, 2.05) is 6.20 Å². The first-order valence-electron chi connectivity index (χ1n) is 4.86. The van der Waals surface area contributed by atoms with Crippen molar-refractivity contribution in [1.82, 2.24) is 4.98 Å². The summed E-state index contributed by atoms with van der Waals surface area (Å²) in [7, 11) is 2.08. The van der Waals surface area contributed by atoms with Crippen molar-refractivity contribution in [2.45, 2.75) is 11.8 Å². The Bertz CT molecular complexity index is 453. The first-order chi connectivity index (χ1) is 7.18. The van der Waals surface area contributed by atoms with Crippen molar-refractivity contribution in [1.29, 1.82) is 0 Å². The molecule has 0 radical (unpaired) electrons. The molecule has 0 spiro atoms. The molecule has 4 heteroatoms. The fraction of sp³-hybridized carbons (Fsp3) is 0.364. The second-order valence-corrected chi connectivity index (χ2v) is 6.14. The Balaban J connectivity index is 2.38. The highest BCUT2D eigenvalue weighted by atomic mass is 79.9. The van der Waals surface area contributed by atoms with Gasteiger partial charge in [-0.05, 0) is 17.5 Å². The molecule has 0 bridgehead atoms. The molecule has 0 aliphatic carbocycles. The minimum atomic E-state index is 0.471. The summed E-state index contributed by atoms with van der Waals surface area (Å²) in [6, 6.07) is 4.20. The van der Waals surface area contributed by atoms with Gasteiger partial charge in [0.2, 0.25) is 0 Å². The lowest BCUT2D eigenvalue weighted by atomic mass is 10.3. The molecule has 0 saturated carbocycles. The number of alkyl halides is 1. The van der Waals surface area contributed by atoms with Crippen LogP contribution >= 0.6 is 27.3 Å². The van der Waals surface area contributed by atoms with Gasteiger partial charge in [-0.3, -0.25) is 0 Å². The highest BCUT2D eigenvalue weighted by Crippen LogP contribution is 2.27. The van der Waals surface area contributed by atoms with E-state index in [-0.39, 0.29) is 0 Å². The van der Waals surface area contributed by atoms with Gasteiger partial charge in [-0.15, -0.1) is 11.3 Å². The molecule has 0 aromatic carbocycles. The van der Waals surface area contributed by atoms with Crippen LogP contribution in [0, 0.1) is 0 Å². The monoisotopic (exact) mass is 284 g/mol. The Morgan fingerprint density at radius 2 is 2.33 bits per heavy atom. The molecule has 80 valence electrons. The van der Waals surface area contributed by atoms with E-state index in [0.29, 0.717) is 4.83 Å². The first-order valence-corrected chi connectivity index (χ1v) is 6.65. The predicted octanol–water partition coefficient (Wildman–Crippen LogP) is 3.52. The van der Waals surface area contributed by atoms with Crippen LogP contribution in [0.25, 0.3) is 10.1 Å². The van der Waals surface area contributed by atoms with Crippen LogP contribution in [-0.4, -0.2) is 23.4 Å². The fourth-order valence-electron chi connectivity index (χ4n) is 1.65. The van der Waals surface area contributed by atoms with Gasteiger partial charge < -0.3 is 4.90 Å². The molecule has 2 heterocycles. The number of hydrogen-bond acceptors (Lipinski definition) is 3. The number of anilines is 1. The summed E-state index contributed by atoms with van der Waals surface area (Å²) in [6.07, 6.45) is 1.88. The number of halogens is 1. The van der Waals surface area contributed by atoms with E-state index in [2.05, 4.69) is 57.3 Å². The Labute approximate surface area is 102 Å². The van der Waals surface area contributed by atoms with Crippen molar-refractivity contribution in [2.24, 2.45) is 0 Å². The van der Waals surface area contributed by atoms with Gasteiger partial charge in [-0.25, -0.2) is 4.98 Å². The van der Waals surface area contributed by atoms with Crippen molar-refractivity contribution in [2.75, 3.05) is 18.5 Å². The van der Waals surface area contributed by atoms with Gasteiger partial charge in [0.05, 0.1) is 0 Å². The zero-order valence-corrected chi connectivity index (χ0v) is 11.2. The third kappa shape index (κ3) is 2.32. The summed E-state index contributed by atoms with van der Waals surface area (Å²) in [5, 5.41) is 3.36. The largest absolute Gasteiger partial charge is 0.358 e. The second kappa shape index (κ2) is 4.49. The quantitative estimate of drug-likeness (QED) is 0.802. The second-order valence-electron chi connectivity index (χ2n) is 3.63. The van der Waals surface area contributed by atoms with Gasteiger partial charge in [0.25, 0.3) is 0 Å². The fourth-order valence-corrected chi connectivity index (χ4v) is 2.86. The highest BCUT2D eigenvalue weighted by molar-refractivity contribution is 9.09. The average Bonchev–Trinajstić information content (AvgIpc) is 2.63. The van der Waals surface area contributed by atoms with Crippen LogP contribution in [0.15, 0.2) is 23.7 Å². The molecule has 0 aliphatic heterocycles. The molecule has 0 N–H and O–H groups in total. The van der Waals surface area contributed by atoms with Gasteiger partial charge in [0.1, 0.15) is 5.82 Å². The third-order valence-corrected chi connectivity index (χ3v) is 3.42. The molecule has 0 fully saturated rings. The Hall–Kier alpha value is -0.610. The third-order valence-electron chi connectivity index (χ3n) is 2.25. The van der Waals surface area contributed by atoms with Crippen molar-refractivity contribution in [3.63, 3.8) is 0 Å². The SMILES string of the molecule is CC(Br)CN(C)c1nccc2sccc12. The van der Waals surface area contributed by atoms with Crippen LogP contribution in [0.2, 0.25) is 0 Å². The van der Waals surface area contributed by atoms with E-state index in [0.717, 1.165) is 12.4 Å². The summed E-state index contributed by atoms with van der Waals surface area (Å²) in [5.41, 5.74) is 0. The maximum Gasteiger partial charge on any atom is 0.137 e. The van der Waals surface area contributed by atoms with Crippen LogP contribution in [0.3, 0.4) is 0 Å². The smallest absolute Gasteiger partial charge is 0.137 e. The van der Waals surface area contributed by atoms with Crippen LogP contribution in [0.4, 0.5) is 5.82 Å². The Morgan fingerprint density at radius 1 is 1.53 bits per heavy atom. The summed E-state index contributed by atoms with van der Waals surface area (Å²) in [6.45, 7) is 3.10. The van der Waals surface area contributed by atoms with Crippen molar-refractivity contribution >= 4 is 43.2 Å². The van der Waals surface area contributed by atoms with E-state index >= 15 is 0 Å². The van der Waals surface area contributed by atoms with E-state index in [1.165, 1.54) is 10.1 Å². The molecule has 2 aromatic rings. The predicted molar refractivity (Wildman–Crippen MR) is 71.3 cm³/mol. The number of nitrogens with zero attached hydrogens (tertiary/aromatic N) is 2. The van der Waals surface area contributed by atoms with Crippen molar-refractivity contribution in [3.05, 3.63) is 23.7 Å². The molecular weight excluding hydrogens is 272 g/mol. The molecule has 2 aromatic heterocycles. The van der Waals surface area contributed by atoms with E-state index in [9.17, 15) is 0 Å². The molecule has 15 heavy (non-hydrogen) atoms. The maximum atomic E-state index is 4.44. The first kappa shape index (κ1) is 10.9. The molecule has 0 amide bonds. The van der Waals surface area contributed by atoms with E-state index in [1.54, 1.807) is 11.3 Å². The number of fused-ring (bicyclic) bond motifs is 1. The summed E-state index contributed by atoms with van der Waals surface area (Å²) >= 11 is 5.32. The number of hydrogen-bond donors (Lipinski definition) is 0. The van der Waals surface area contributed by atoms with Gasteiger partial charge >= 0.3 is 0 Å². The van der Waals surface area contributed by atoms with Crippen LogP contribution in [0.5, 0.6) is 0 Å². The lowest BCUT2D eigenvalue weighted by molar-refractivity contribution is 0.865. The van der Waals surface area contributed by atoms with Crippen LogP contribution in [0.1, 0.15) is 6.92 Å². The average molecular weight is 285 g/mol. The summed E-state index contributed by atoms with van der Waals surface area (Å²) in [5.74, 6) is 1.07. The van der Waals surface area contributed by atoms with Crippen molar-refractivity contribution < 1.29 is 0 Å². The van der Waals surface area contributed by atoms with Crippen LogP contribution < -0.4 is 4.90 Å². The lowest BCUT2D eigenvalue weighted by Gasteiger charge is -2.20. The summed E-state index contributed by atoms with van der Waals surface area (Å²) < 4.78 is 1.30. The number of aromatic nitrogens is 1. The zero-order valence-electron chi connectivity index (χ0n) is 8.77. The lowest BCUT2D eigenvalue weighted by Crippen LogP contribution is -2.24. The molecular formula is C11H13BrN2S. The molecule has 0 aliphatic rings. The van der Waals surface area contributed by atoms with Gasteiger partial charge in [0.15, 0.2) is 0 Å². The molecule has 1 unspecified atom stereocenters. The van der Waals surface area contributed by atoms with Gasteiger partial charge in [0, 0.05) is 34.7 Å². The van der Waals surface area contributed by atoms with Gasteiger partial charge in [-0.2, -0.15) is 0 Å². The van der Waals surface area contributed by atoms with Crippen molar-refractivity contribution in [3.8, 4) is 0 Å². The number of rotatable bonds is 3. The highest BCUT2D eigenvalue weighted by Gasteiger charge is 2.09. The zero-order chi connectivity index (χ0) is 10.8. The minimum Gasteiger partial charge on any atom is -0.358 e. The summed E-state index contributed by atoms with van der Waals surface area (Å²) in [4.78, 5) is 7.10. The normalized spacial score (nSPS) is 13.0. The molecule has 1 atom stereocenters. The maximum absolute atomic E-state index is 4.44. The number of pyridine rings is 1. The topological polar surface area (TPSA) is 16.1 Å². The Morgan fingerprint density at radius 3 is 3.07 bits per heavy atom. The van der Waals surface area contributed by atoms with E-state index in [4.69, 9.17) is 0 Å². The molecule has 2 rings (SSSR count). The standard InChI is InChI=1S/C11H13BrN2S/c1-8(12)7-14(2)11-9-4-6-15-10(9)3-5-13-11/h3-6,8H,7H2,1-2H3. The van der Waals surface area contributed by atoms with Crippen LogP contribution in [-0.2, 0) is 0 Å². The number of thiophene rings is 1. The Kier molecular flexibility index (Phi) is 3.26. The van der Waals surface area contributed by atoms with E-state index < -0.39 is 0 Å². The molecule has 0 saturated heterocycles. The minimum absolute atomic E-state index is 0.471.